The smallest absolute Gasteiger partial charge is 0.262 e. The zero-order valence-electron chi connectivity index (χ0n) is 12.6. The third-order valence-electron chi connectivity index (χ3n) is 3.05. The Morgan fingerprint density at radius 3 is 2.48 bits per heavy atom. The van der Waals surface area contributed by atoms with E-state index in [1.165, 1.54) is 6.07 Å². The first kappa shape index (κ1) is 17.9. The van der Waals surface area contributed by atoms with E-state index < -0.39 is 9.05 Å². The first-order valence-electron chi connectivity index (χ1n) is 6.53. The maximum Gasteiger partial charge on any atom is 0.262 e. The Kier molecular flexibility index (Phi) is 6.19. The monoisotopic (exact) mass is 333 g/mol. The van der Waals surface area contributed by atoms with Crippen molar-refractivity contribution in [3.05, 3.63) is 29.3 Å². The van der Waals surface area contributed by atoms with Gasteiger partial charge in [-0.1, -0.05) is 11.6 Å². The summed E-state index contributed by atoms with van der Waals surface area (Å²) < 4.78 is 28.3. The molecule has 0 aromatic heterocycles. The van der Waals surface area contributed by atoms with Gasteiger partial charge in [-0.25, -0.2) is 8.42 Å². The molecule has 7 heteroatoms. The van der Waals surface area contributed by atoms with Gasteiger partial charge in [0.25, 0.3) is 15.0 Å². The lowest BCUT2D eigenvalue weighted by Crippen LogP contribution is -2.39. The molecule has 21 heavy (non-hydrogen) atoms. The second kappa shape index (κ2) is 7.24. The van der Waals surface area contributed by atoms with E-state index in [1.54, 1.807) is 31.1 Å². The molecule has 1 aromatic rings. The van der Waals surface area contributed by atoms with Crippen LogP contribution in [-0.4, -0.2) is 45.5 Å². The second-order valence-corrected chi connectivity index (χ2v) is 7.56. The minimum absolute atomic E-state index is 0.0842. The summed E-state index contributed by atoms with van der Waals surface area (Å²) in [5, 5.41) is 0. The lowest BCUT2D eigenvalue weighted by molar-refractivity contribution is 0.0631. The van der Waals surface area contributed by atoms with Crippen LogP contribution in [0.4, 0.5) is 0 Å². The summed E-state index contributed by atoms with van der Waals surface area (Å²) in [6, 6.07) is 4.43. The minimum Gasteiger partial charge on any atom is -0.383 e. The van der Waals surface area contributed by atoms with Gasteiger partial charge in [0.15, 0.2) is 0 Å². The van der Waals surface area contributed by atoms with Gasteiger partial charge in [-0.05, 0) is 32.9 Å². The summed E-state index contributed by atoms with van der Waals surface area (Å²) in [4.78, 5) is 14.1. The molecule has 0 heterocycles. The van der Waals surface area contributed by atoms with Crippen molar-refractivity contribution >= 4 is 25.6 Å². The van der Waals surface area contributed by atoms with Crippen LogP contribution in [0.3, 0.4) is 0 Å². The van der Waals surface area contributed by atoms with Gasteiger partial charge < -0.3 is 9.64 Å². The molecule has 0 atom stereocenters. The Balaban J connectivity index is 3.30. The zero-order chi connectivity index (χ0) is 16.2. The van der Waals surface area contributed by atoms with Crippen molar-refractivity contribution in [3.8, 4) is 0 Å². The average molecular weight is 334 g/mol. The van der Waals surface area contributed by atoms with E-state index >= 15 is 0 Å². The molecule has 1 aromatic carbocycles. The zero-order valence-corrected chi connectivity index (χ0v) is 14.2. The van der Waals surface area contributed by atoms with E-state index in [2.05, 4.69) is 0 Å². The van der Waals surface area contributed by atoms with Crippen molar-refractivity contribution in [1.29, 1.82) is 0 Å². The maximum atomic E-state index is 12.7. The van der Waals surface area contributed by atoms with Crippen LogP contribution < -0.4 is 0 Å². The number of carbonyl (C=O) groups excluding carboxylic acids is 1. The molecule has 0 unspecified atom stereocenters. The van der Waals surface area contributed by atoms with Crippen molar-refractivity contribution in [1.82, 2.24) is 4.90 Å². The molecule has 0 saturated carbocycles. The van der Waals surface area contributed by atoms with Crippen LogP contribution in [0, 0.1) is 6.92 Å². The Morgan fingerprint density at radius 2 is 2.00 bits per heavy atom. The highest BCUT2D eigenvalue weighted by Crippen LogP contribution is 2.23. The van der Waals surface area contributed by atoms with E-state index in [9.17, 15) is 13.2 Å². The fourth-order valence-corrected chi connectivity index (χ4v) is 3.01. The molecule has 0 aliphatic heterocycles. The van der Waals surface area contributed by atoms with Crippen LogP contribution in [0.1, 0.15) is 29.8 Å². The van der Waals surface area contributed by atoms with Gasteiger partial charge in [-0.15, -0.1) is 0 Å². The number of hydrogen-bond donors (Lipinski definition) is 0. The topological polar surface area (TPSA) is 63.7 Å². The first-order valence-corrected chi connectivity index (χ1v) is 8.84. The Hall–Kier alpha value is -1.11. The SMILES string of the molecule is COCCN(C(=O)c1cc(C)ccc1S(=O)(=O)Cl)C(C)C. The summed E-state index contributed by atoms with van der Waals surface area (Å²) in [5.74, 6) is -0.370. The lowest BCUT2D eigenvalue weighted by atomic mass is 10.1. The normalized spacial score (nSPS) is 11.7. The van der Waals surface area contributed by atoms with Crippen LogP contribution >= 0.6 is 10.7 Å². The van der Waals surface area contributed by atoms with E-state index in [0.29, 0.717) is 13.2 Å². The van der Waals surface area contributed by atoms with Gasteiger partial charge in [0.05, 0.1) is 17.1 Å². The van der Waals surface area contributed by atoms with Gasteiger partial charge in [0.1, 0.15) is 0 Å². The number of methoxy groups -OCH3 is 1. The first-order chi connectivity index (χ1) is 9.68. The average Bonchev–Trinajstić information content (AvgIpc) is 2.37. The van der Waals surface area contributed by atoms with Crippen LogP contribution in [0.2, 0.25) is 0 Å². The molecule has 0 N–H and O–H groups in total. The second-order valence-electron chi connectivity index (χ2n) is 5.02. The standard InChI is InChI=1S/C14H20ClNO4S/c1-10(2)16(7-8-20-4)14(17)12-9-11(3)5-6-13(12)21(15,18)19/h5-6,9-10H,7-8H2,1-4H3. The van der Waals surface area contributed by atoms with Gasteiger partial charge >= 0.3 is 0 Å². The number of ether oxygens (including phenoxy) is 1. The van der Waals surface area contributed by atoms with Crippen molar-refractivity contribution in [3.63, 3.8) is 0 Å². The predicted octanol–water partition coefficient (Wildman–Crippen LogP) is 2.42. The van der Waals surface area contributed by atoms with Gasteiger partial charge in [0, 0.05) is 30.4 Å². The van der Waals surface area contributed by atoms with Gasteiger partial charge in [0.2, 0.25) is 0 Å². The fourth-order valence-electron chi connectivity index (χ4n) is 1.96. The van der Waals surface area contributed by atoms with Crippen molar-refractivity contribution in [2.75, 3.05) is 20.3 Å². The summed E-state index contributed by atoms with van der Waals surface area (Å²) >= 11 is 0. The molecule has 1 amide bonds. The molecule has 0 spiro atoms. The maximum absolute atomic E-state index is 12.7. The molecule has 118 valence electrons. The number of halogens is 1. The minimum atomic E-state index is -3.98. The summed E-state index contributed by atoms with van der Waals surface area (Å²) in [5.41, 5.74) is 0.882. The molecule has 0 aliphatic rings. The number of aryl methyl sites for hydroxylation is 1. The fraction of sp³-hybridized carbons (Fsp3) is 0.500. The van der Waals surface area contributed by atoms with E-state index in [-0.39, 0.29) is 22.4 Å². The molecular weight excluding hydrogens is 314 g/mol. The van der Waals surface area contributed by atoms with Crippen LogP contribution in [0.15, 0.2) is 23.1 Å². The molecule has 0 radical (unpaired) electrons. The van der Waals surface area contributed by atoms with Crippen LogP contribution in [0.25, 0.3) is 0 Å². The highest BCUT2D eigenvalue weighted by molar-refractivity contribution is 8.13. The number of amides is 1. The van der Waals surface area contributed by atoms with Gasteiger partial charge in [-0.3, -0.25) is 4.79 Å². The largest absolute Gasteiger partial charge is 0.383 e. The van der Waals surface area contributed by atoms with Crippen molar-refractivity contribution < 1.29 is 17.9 Å². The van der Waals surface area contributed by atoms with E-state index in [4.69, 9.17) is 15.4 Å². The predicted molar refractivity (Wildman–Crippen MR) is 82.3 cm³/mol. The highest BCUT2D eigenvalue weighted by Gasteiger charge is 2.25. The molecular formula is C14H20ClNO4S. The molecule has 0 bridgehead atoms. The number of hydrogen-bond acceptors (Lipinski definition) is 4. The number of nitrogens with zero attached hydrogens (tertiary/aromatic N) is 1. The number of benzene rings is 1. The van der Waals surface area contributed by atoms with Crippen molar-refractivity contribution in [2.45, 2.75) is 31.7 Å². The number of carbonyl (C=O) groups is 1. The highest BCUT2D eigenvalue weighted by atomic mass is 35.7. The molecule has 5 nitrogen and oxygen atoms in total. The third kappa shape index (κ3) is 4.69. The third-order valence-corrected chi connectivity index (χ3v) is 4.43. The van der Waals surface area contributed by atoms with E-state index in [1.807, 2.05) is 13.8 Å². The Bertz CT molecular complexity index is 613. The summed E-state index contributed by atoms with van der Waals surface area (Å²) in [6.45, 7) is 6.26. The van der Waals surface area contributed by atoms with Crippen LogP contribution in [0.5, 0.6) is 0 Å². The summed E-state index contributed by atoms with van der Waals surface area (Å²) in [6.07, 6.45) is 0. The quantitative estimate of drug-likeness (QED) is 0.750. The molecule has 0 aliphatic carbocycles. The molecule has 0 fully saturated rings. The molecule has 0 saturated heterocycles. The Morgan fingerprint density at radius 1 is 1.38 bits per heavy atom. The van der Waals surface area contributed by atoms with E-state index in [0.717, 1.165) is 5.56 Å². The summed E-state index contributed by atoms with van der Waals surface area (Å²) in [7, 11) is 2.99. The molecule has 1 rings (SSSR count). The van der Waals surface area contributed by atoms with Crippen molar-refractivity contribution in [2.24, 2.45) is 0 Å². The Labute approximate surface area is 130 Å². The van der Waals surface area contributed by atoms with Crippen LogP contribution in [-0.2, 0) is 13.8 Å². The number of rotatable bonds is 6. The van der Waals surface area contributed by atoms with Gasteiger partial charge in [-0.2, -0.15) is 0 Å². The lowest BCUT2D eigenvalue weighted by Gasteiger charge is -2.27.